The lowest BCUT2D eigenvalue weighted by molar-refractivity contribution is -0.0620. The molecule has 1 aliphatic heterocycles. The SMILES string of the molecule is CC(C)NCC1OCCN(C)C1c1ccc(F)cc1. The van der Waals surface area contributed by atoms with E-state index in [1.807, 2.05) is 12.1 Å². The second kappa shape index (κ2) is 6.46. The quantitative estimate of drug-likeness (QED) is 0.904. The van der Waals surface area contributed by atoms with Crippen molar-refractivity contribution < 1.29 is 9.13 Å². The van der Waals surface area contributed by atoms with Crippen LogP contribution in [0.4, 0.5) is 4.39 Å². The summed E-state index contributed by atoms with van der Waals surface area (Å²) >= 11 is 0. The summed E-state index contributed by atoms with van der Waals surface area (Å²) in [7, 11) is 2.10. The Morgan fingerprint density at radius 1 is 1.37 bits per heavy atom. The fourth-order valence-electron chi connectivity index (χ4n) is 2.51. The van der Waals surface area contributed by atoms with Crippen LogP contribution in [0, 0.1) is 5.82 Å². The maximum absolute atomic E-state index is 13.0. The predicted octanol–water partition coefficient (Wildman–Crippen LogP) is 2.20. The van der Waals surface area contributed by atoms with E-state index in [9.17, 15) is 4.39 Å². The van der Waals surface area contributed by atoms with E-state index in [4.69, 9.17) is 4.74 Å². The van der Waals surface area contributed by atoms with Crippen molar-refractivity contribution in [1.29, 1.82) is 0 Å². The van der Waals surface area contributed by atoms with E-state index in [1.54, 1.807) is 0 Å². The van der Waals surface area contributed by atoms with Crippen LogP contribution in [0.15, 0.2) is 24.3 Å². The normalized spacial score (nSPS) is 24.9. The van der Waals surface area contributed by atoms with Crippen LogP contribution in [0.25, 0.3) is 0 Å². The first kappa shape index (κ1) is 14.4. The first-order valence-corrected chi connectivity index (χ1v) is 6.88. The van der Waals surface area contributed by atoms with Gasteiger partial charge in [-0.1, -0.05) is 26.0 Å². The van der Waals surface area contributed by atoms with Crippen molar-refractivity contribution in [2.45, 2.75) is 32.0 Å². The third-order valence-corrected chi connectivity index (χ3v) is 3.54. The second-order valence-electron chi connectivity index (χ2n) is 5.45. The van der Waals surface area contributed by atoms with Crippen molar-refractivity contribution in [1.82, 2.24) is 10.2 Å². The molecule has 0 bridgehead atoms. The number of nitrogens with zero attached hydrogens (tertiary/aromatic N) is 1. The van der Waals surface area contributed by atoms with Crippen molar-refractivity contribution in [3.63, 3.8) is 0 Å². The Morgan fingerprint density at radius 2 is 2.05 bits per heavy atom. The number of benzene rings is 1. The van der Waals surface area contributed by atoms with E-state index in [0.717, 1.165) is 25.3 Å². The van der Waals surface area contributed by atoms with Crippen LogP contribution in [0.3, 0.4) is 0 Å². The van der Waals surface area contributed by atoms with Crippen LogP contribution in [0.5, 0.6) is 0 Å². The molecule has 19 heavy (non-hydrogen) atoms. The van der Waals surface area contributed by atoms with Gasteiger partial charge < -0.3 is 10.1 Å². The van der Waals surface area contributed by atoms with E-state index in [1.165, 1.54) is 12.1 Å². The van der Waals surface area contributed by atoms with Gasteiger partial charge in [0, 0.05) is 19.1 Å². The van der Waals surface area contributed by atoms with Gasteiger partial charge in [-0.25, -0.2) is 4.39 Å². The molecule has 0 radical (unpaired) electrons. The Labute approximate surface area is 114 Å². The molecule has 2 rings (SSSR count). The van der Waals surface area contributed by atoms with Crippen molar-refractivity contribution >= 4 is 0 Å². The lowest BCUT2D eigenvalue weighted by atomic mass is 9.98. The molecule has 4 heteroatoms. The highest BCUT2D eigenvalue weighted by Gasteiger charge is 2.31. The molecule has 0 saturated carbocycles. The smallest absolute Gasteiger partial charge is 0.123 e. The lowest BCUT2D eigenvalue weighted by Gasteiger charge is -2.39. The van der Waals surface area contributed by atoms with E-state index in [-0.39, 0.29) is 18.0 Å². The van der Waals surface area contributed by atoms with E-state index in [0.29, 0.717) is 6.04 Å². The Hall–Kier alpha value is -0.970. The molecule has 1 saturated heterocycles. The molecule has 0 amide bonds. The Kier molecular flexibility index (Phi) is 4.91. The Bertz CT molecular complexity index is 394. The van der Waals surface area contributed by atoms with Gasteiger partial charge in [-0.05, 0) is 24.7 Å². The summed E-state index contributed by atoms with van der Waals surface area (Å²) in [4.78, 5) is 2.28. The highest BCUT2D eigenvalue weighted by molar-refractivity contribution is 5.22. The first-order valence-electron chi connectivity index (χ1n) is 6.88. The van der Waals surface area contributed by atoms with Crippen LogP contribution in [0.1, 0.15) is 25.5 Å². The zero-order chi connectivity index (χ0) is 13.8. The average Bonchev–Trinajstić information content (AvgIpc) is 2.38. The van der Waals surface area contributed by atoms with Crippen LogP contribution >= 0.6 is 0 Å². The zero-order valence-electron chi connectivity index (χ0n) is 11.9. The number of halogens is 1. The van der Waals surface area contributed by atoms with Crippen molar-refractivity contribution in [3.05, 3.63) is 35.6 Å². The molecule has 0 aromatic heterocycles. The molecule has 1 aromatic carbocycles. The fraction of sp³-hybridized carbons (Fsp3) is 0.600. The summed E-state index contributed by atoms with van der Waals surface area (Å²) in [6, 6.07) is 7.36. The van der Waals surface area contributed by atoms with Gasteiger partial charge in [-0.2, -0.15) is 0 Å². The summed E-state index contributed by atoms with van der Waals surface area (Å²) in [5.74, 6) is -0.194. The van der Waals surface area contributed by atoms with Gasteiger partial charge in [-0.15, -0.1) is 0 Å². The third kappa shape index (κ3) is 3.75. The number of likely N-dealkylation sites (N-methyl/N-ethyl adjacent to an activating group) is 1. The zero-order valence-corrected chi connectivity index (χ0v) is 11.9. The van der Waals surface area contributed by atoms with Gasteiger partial charge in [-0.3, -0.25) is 4.90 Å². The van der Waals surface area contributed by atoms with Crippen LogP contribution in [-0.4, -0.2) is 43.8 Å². The summed E-state index contributed by atoms with van der Waals surface area (Å²) in [6.07, 6.45) is 0.103. The van der Waals surface area contributed by atoms with Crippen LogP contribution < -0.4 is 5.32 Å². The van der Waals surface area contributed by atoms with E-state index >= 15 is 0 Å². The standard InChI is InChI=1S/C15H23FN2O/c1-11(2)17-10-14-15(18(3)8-9-19-14)12-4-6-13(16)7-5-12/h4-7,11,14-15,17H,8-10H2,1-3H3. The molecular weight excluding hydrogens is 243 g/mol. The van der Waals surface area contributed by atoms with Crippen LogP contribution in [0.2, 0.25) is 0 Å². The number of nitrogens with one attached hydrogen (secondary N) is 1. The number of rotatable bonds is 4. The molecule has 1 aromatic rings. The molecule has 1 aliphatic rings. The van der Waals surface area contributed by atoms with Gasteiger partial charge in [0.25, 0.3) is 0 Å². The number of morpholine rings is 1. The summed E-state index contributed by atoms with van der Waals surface area (Å²) in [6.45, 7) is 6.71. The molecule has 0 aliphatic carbocycles. The summed E-state index contributed by atoms with van der Waals surface area (Å²) < 4.78 is 18.9. The molecule has 1 fully saturated rings. The minimum absolute atomic E-state index is 0.103. The van der Waals surface area contributed by atoms with Gasteiger partial charge in [0.05, 0.1) is 18.8 Å². The topological polar surface area (TPSA) is 24.5 Å². The molecule has 1 N–H and O–H groups in total. The van der Waals surface area contributed by atoms with Crippen molar-refractivity contribution in [2.75, 3.05) is 26.7 Å². The average molecular weight is 266 g/mol. The maximum Gasteiger partial charge on any atom is 0.123 e. The highest BCUT2D eigenvalue weighted by Crippen LogP contribution is 2.28. The maximum atomic E-state index is 13.0. The van der Waals surface area contributed by atoms with Crippen molar-refractivity contribution in [3.8, 4) is 0 Å². The van der Waals surface area contributed by atoms with Crippen LogP contribution in [-0.2, 0) is 4.74 Å². The number of hydrogen-bond acceptors (Lipinski definition) is 3. The second-order valence-corrected chi connectivity index (χ2v) is 5.45. The van der Waals surface area contributed by atoms with Crippen molar-refractivity contribution in [2.24, 2.45) is 0 Å². The van der Waals surface area contributed by atoms with Gasteiger partial charge in [0.1, 0.15) is 5.82 Å². The molecule has 1 heterocycles. The van der Waals surface area contributed by atoms with Gasteiger partial charge >= 0.3 is 0 Å². The van der Waals surface area contributed by atoms with Gasteiger partial charge in [0.15, 0.2) is 0 Å². The van der Waals surface area contributed by atoms with E-state index < -0.39 is 0 Å². The highest BCUT2D eigenvalue weighted by atomic mass is 19.1. The first-order chi connectivity index (χ1) is 9.08. The molecule has 2 atom stereocenters. The fourth-order valence-corrected chi connectivity index (χ4v) is 2.51. The lowest BCUT2D eigenvalue weighted by Crippen LogP contribution is -2.48. The minimum atomic E-state index is -0.194. The number of hydrogen-bond donors (Lipinski definition) is 1. The molecule has 106 valence electrons. The third-order valence-electron chi connectivity index (χ3n) is 3.54. The molecule has 3 nitrogen and oxygen atoms in total. The minimum Gasteiger partial charge on any atom is -0.374 e. The van der Waals surface area contributed by atoms with E-state index in [2.05, 4.69) is 31.1 Å². The molecule has 2 unspecified atom stereocenters. The Morgan fingerprint density at radius 3 is 2.68 bits per heavy atom. The largest absolute Gasteiger partial charge is 0.374 e. The Balaban J connectivity index is 2.13. The summed E-state index contributed by atoms with van der Waals surface area (Å²) in [5.41, 5.74) is 1.11. The number of ether oxygens (including phenoxy) is 1. The summed E-state index contributed by atoms with van der Waals surface area (Å²) in [5, 5.41) is 3.42. The monoisotopic (exact) mass is 266 g/mol. The van der Waals surface area contributed by atoms with Gasteiger partial charge in [0.2, 0.25) is 0 Å². The molecular formula is C15H23FN2O. The predicted molar refractivity (Wildman–Crippen MR) is 74.6 cm³/mol. The molecule has 0 spiro atoms.